The highest BCUT2D eigenvalue weighted by atomic mass is 16.5. The zero-order valence-electron chi connectivity index (χ0n) is 11.6. The van der Waals surface area contributed by atoms with Crippen molar-refractivity contribution < 1.29 is 4.74 Å². The van der Waals surface area contributed by atoms with Crippen LogP contribution in [0, 0.1) is 5.92 Å². The number of methoxy groups -OCH3 is 1. The summed E-state index contributed by atoms with van der Waals surface area (Å²) in [4.78, 5) is 1.71. The van der Waals surface area contributed by atoms with Crippen LogP contribution < -0.4 is 10.1 Å². The highest BCUT2D eigenvalue weighted by Crippen LogP contribution is 2.31. The fourth-order valence-corrected chi connectivity index (χ4v) is 2.87. The maximum absolute atomic E-state index is 5.33. The van der Waals surface area contributed by atoms with Crippen LogP contribution in [-0.4, -0.2) is 40.4 Å². The first kappa shape index (κ1) is 13.1. The van der Waals surface area contributed by atoms with Crippen molar-refractivity contribution in [3.05, 3.63) is 36.2 Å². The first-order chi connectivity index (χ1) is 9.88. The lowest BCUT2D eigenvalue weighted by Crippen LogP contribution is -2.36. The normalized spacial score (nSPS) is 20.6. The molecular weight excluding hydrogens is 254 g/mol. The number of aromatic nitrogens is 4. The molecule has 1 N–H and O–H groups in total. The van der Waals surface area contributed by atoms with E-state index in [1.54, 1.807) is 11.9 Å². The van der Waals surface area contributed by atoms with Gasteiger partial charge in [0.15, 0.2) is 6.33 Å². The second kappa shape index (κ2) is 6.00. The Morgan fingerprint density at radius 1 is 1.45 bits per heavy atom. The van der Waals surface area contributed by atoms with Crippen molar-refractivity contribution in [2.24, 2.45) is 5.92 Å². The molecule has 2 aromatic rings. The van der Waals surface area contributed by atoms with E-state index in [1.165, 1.54) is 12.7 Å². The van der Waals surface area contributed by atoms with E-state index in [0.29, 0.717) is 5.92 Å². The first-order valence-corrected chi connectivity index (χ1v) is 6.95. The zero-order valence-corrected chi connectivity index (χ0v) is 11.6. The number of hydrogen-bond donors (Lipinski definition) is 1. The van der Waals surface area contributed by atoms with Gasteiger partial charge in [0.2, 0.25) is 0 Å². The highest BCUT2D eigenvalue weighted by molar-refractivity contribution is 5.31. The number of hydrogen-bond acceptors (Lipinski definition) is 5. The molecule has 1 aromatic carbocycles. The average Bonchev–Trinajstić information content (AvgIpc) is 3.03. The first-order valence-electron chi connectivity index (χ1n) is 6.95. The molecule has 20 heavy (non-hydrogen) atoms. The summed E-state index contributed by atoms with van der Waals surface area (Å²) in [5.74, 6) is 1.32. The summed E-state index contributed by atoms with van der Waals surface area (Å²) in [7, 11) is 1.68. The molecular formula is C14H19N5O. The fraction of sp³-hybridized carbons (Fsp3) is 0.500. The van der Waals surface area contributed by atoms with Crippen LogP contribution in [0.2, 0.25) is 0 Å². The summed E-state index contributed by atoms with van der Waals surface area (Å²) >= 11 is 0. The molecule has 1 aromatic heterocycles. The van der Waals surface area contributed by atoms with Crippen molar-refractivity contribution in [2.75, 3.05) is 20.2 Å². The quantitative estimate of drug-likeness (QED) is 0.909. The van der Waals surface area contributed by atoms with Crippen LogP contribution in [0.25, 0.3) is 0 Å². The van der Waals surface area contributed by atoms with E-state index in [4.69, 9.17) is 4.74 Å². The van der Waals surface area contributed by atoms with Gasteiger partial charge in [-0.2, -0.15) is 4.80 Å². The molecule has 6 nitrogen and oxygen atoms in total. The molecule has 0 aliphatic carbocycles. The maximum atomic E-state index is 5.33. The van der Waals surface area contributed by atoms with Crippen LogP contribution in [0.1, 0.15) is 24.4 Å². The van der Waals surface area contributed by atoms with Gasteiger partial charge in [0.25, 0.3) is 0 Å². The molecule has 1 aliphatic rings. The van der Waals surface area contributed by atoms with E-state index in [1.807, 2.05) is 12.1 Å². The molecule has 0 spiro atoms. The fourth-order valence-electron chi connectivity index (χ4n) is 2.87. The van der Waals surface area contributed by atoms with Gasteiger partial charge in [0, 0.05) is 6.54 Å². The lowest BCUT2D eigenvalue weighted by molar-refractivity contribution is 0.261. The second-order valence-electron chi connectivity index (χ2n) is 5.08. The van der Waals surface area contributed by atoms with Crippen LogP contribution in [0.5, 0.6) is 5.75 Å². The van der Waals surface area contributed by atoms with Crippen molar-refractivity contribution in [2.45, 2.75) is 18.9 Å². The predicted octanol–water partition coefficient (Wildman–Crippen LogP) is 1.27. The third-order valence-electron chi connectivity index (χ3n) is 3.83. The van der Waals surface area contributed by atoms with Gasteiger partial charge in [0.1, 0.15) is 11.8 Å². The molecule has 0 saturated carbocycles. The van der Waals surface area contributed by atoms with Gasteiger partial charge < -0.3 is 10.1 Å². The standard InChI is InChI=1S/C14H19N5O/c1-20-13-6-2-4-11(8-13)14(19-17-10-16-18-19)12-5-3-7-15-9-12/h2,4,6,8,10,12,14-15H,3,5,7,9H2,1H3/t12?,14-/m0/s1. The Balaban J connectivity index is 1.95. The Morgan fingerprint density at radius 3 is 3.10 bits per heavy atom. The summed E-state index contributed by atoms with van der Waals surface area (Å²) < 4.78 is 5.33. The number of benzene rings is 1. The summed E-state index contributed by atoms with van der Waals surface area (Å²) in [5.41, 5.74) is 1.16. The third kappa shape index (κ3) is 2.65. The minimum absolute atomic E-state index is 0.0976. The summed E-state index contributed by atoms with van der Waals surface area (Å²) in [6.07, 6.45) is 3.83. The SMILES string of the molecule is COc1cccc([C@@H](C2CCCNC2)n2ncnn2)c1. The highest BCUT2D eigenvalue weighted by Gasteiger charge is 2.28. The van der Waals surface area contributed by atoms with Crippen molar-refractivity contribution in [3.8, 4) is 5.75 Å². The van der Waals surface area contributed by atoms with Crippen molar-refractivity contribution in [1.29, 1.82) is 0 Å². The smallest absolute Gasteiger partial charge is 0.162 e. The van der Waals surface area contributed by atoms with Gasteiger partial charge in [-0.3, -0.25) is 0 Å². The number of ether oxygens (including phenoxy) is 1. The van der Waals surface area contributed by atoms with Gasteiger partial charge >= 0.3 is 0 Å². The van der Waals surface area contributed by atoms with Gasteiger partial charge in [-0.05, 0) is 48.2 Å². The molecule has 0 bridgehead atoms. The van der Waals surface area contributed by atoms with Gasteiger partial charge in [-0.15, -0.1) is 10.2 Å². The lowest BCUT2D eigenvalue weighted by Gasteiger charge is -2.30. The number of nitrogens with zero attached hydrogens (tertiary/aromatic N) is 4. The molecule has 0 radical (unpaired) electrons. The number of rotatable bonds is 4. The second-order valence-corrected chi connectivity index (χ2v) is 5.08. The minimum atomic E-state index is 0.0976. The molecule has 6 heteroatoms. The molecule has 106 valence electrons. The molecule has 1 saturated heterocycles. The molecule has 3 rings (SSSR count). The lowest BCUT2D eigenvalue weighted by atomic mass is 9.87. The molecule has 2 heterocycles. The number of nitrogens with one attached hydrogen (secondary N) is 1. The van der Waals surface area contributed by atoms with E-state index in [9.17, 15) is 0 Å². The Bertz CT molecular complexity index is 536. The summed E-state index contributed by atoms with van der Waals surface area (Å²) in [5, 5.41) is 15.7. The molecule has 1 unspecified atom stereocenters. The van der Waals surface area contributed by atoms with Crippen LogP contribution in [0.3, 0.4) is 0 Å². The molecule has 1 aliphatic heterocycles. The molecule has 2 atom stereocenters. The predicted molar refractivity (Wildman–Crippen MR) is 74.5 cm³/mol. The van der Waals surface area contributed by atoms with E-state index in [-0.39, 0.29) is 6.04 Å². The number of tetrazole rings is 1. The van der Waals surface area contributed by atoms with E-state index in [0.717, 1.165) is 30.8 Å². The molecule has 0 amide bonds. The van der Waals surface area contributed by atoms with E-state index >= 15 is 0 Å². The van der Waals surface area contributed by atoms with Crippen molar-refractivity contribution in [1.82, 2.24) is 25.5 Å². The summed E-state index contributed by atoms with van der Waals surface area (Å²) in [6, 6.07) is 8.22. The van der Waals surface area contributed by atoms with Gasteiger partial charge in [-0.1, -0.05) is 12.1 Å². The van der Waals surface area contributed by atoms with Crippen LogP contribution in [0.15, 0.2) is 30.6 Å². The monoisotopic (exact) mass is 273 g/mol. The van der Waals surface area contributed by atoms with Gasteiger partial charge in [-0.25, -0.2) is 0 Å². The Kier molecular flexibility index (Phi) is 3.92. The van der Waals surface area contributed by atoms with Crippen LogP contribution in [0.4, 0.5) is 0 Å². The van der Waals surface area contributed by atoms with Crippen molar-refractivity contribution >= 4 is 0 Å². The summed E-state index contributed by atoms with van der Waals surface area (Å²) in [6.45, 7) is 2.07. The Labute approximate surface area is 118 Å². The van der Waals surface area contributed by atoms with E-state index in [2.05, 4.69) is 32.9 Å². The Morgan fingerprint density at radius 2 is 2.40 bits per heavy atom. The zero-order chi connectivity index (χ0) is 13.8. The topological polar surface area (TPSA) is 64.9 Å². The van der Waals surface area contributed by atoms with Gasteiger partial charge in [0.05, 0.1) is 7.11 Å². The molecule has 1 fully saturated rings. The average molecular weight is 273 g/mol. The van der Waals surface area contributed by atoms with Crippen LogP contribution in [-0.2, 0) is 0 Å². The van der Waals surface area contributed by atoms with E-state index < -0.39 is 0 Å². The Hall–Kier alpha value is -1.95. The largest absolute Gasteiger partial charge is 0.497 e. The minimum Gasteiger partial charge on any atom is -0.497 e. The van der Waals surface area contributed by atoms with Crippen LogP contribution >= 0.6 is 0 Å². The number of piperidine rings is 1. The maximum Gasteiger partial charge on any atom is 0.162 e. The third-order valence-corrected chi connectivity index (χ3v) is 3.83. The van der Waals surface area contributed by atoms with Crippen molar-refractivity contribution in [3.63, 3.8) is 0 Å².